The van der Waals surface area contributed by atoms with Gasteiger partial charge in [0.2, 0.25) is 5.88 Å². The second-order valence-corrected chi connectivity index (χ2v) is 6.48. The lowest BCUT2D eigenvalue weighted by molar-refractivity contribution is 0.242. The topological polar surface area (TPSA) is 57.4 Å². The van der Waals surface area contributed by atoms with Crippen LogP contribution in [0, 0.1) is 0 Å². The van der Waals surface area contributed by atoms with E-state index in [0.717, 1.165) is 17.3 Å². The Balaban J connectivity index is 1.80. The van der Waals surface area contributed by atoms with Crippen LogP contribution in [0.4, 0.5) is 0 Å². The highest BCUT2D eigenvalue weighted by Crippen LogP contribution is 2.32. The molecule has 0 saturated carbocycles. The number of fused-ring (bicyclic) bond motifs is 1. The van der Waals surface area contributed by atoms with Crippen LogP contribution in [0.3, 0.4) is 0 Å². The maximum absolute atomic E-state index is 6.25. The van der Waals surface area contributed by atoms with E-state index in [1.807, 2.05) is 44.2 Å². The minimum atomic E-state index is 0.0654. The monoisotopic (exact) mass is 356 g/mol. The highest BCUT2D eigenvalue weighted by Gasteiger charge is 2.08. The molecular weight excluding hydrogens is 336 g/mol. The Morgan fingerprint density at radius 1 is 1.08 bits per heavy atom. The first-order valence-electron chi connectivity index (χ1n) is 8.29. The van der Waals surface area contributed by atoms with Crippen LogP contribution in [0.5, 0.6) is 17.4 Å². The van der Waals surface area contributed by atoms with Gasteiger partial charge in [-0.05, 0) is 62.7 Å². The van der Waals surface area contributed by atoms with Crippen LogP contribution in [0.1, 0.15) is 19.4 Å². The van der Waals surface area contributed by atoms with Crippen molar-refractivity contribution < 1.29 is 9.47 Å². The molecule has 0 aliphatic carbocycles. The molecule has 1 heterocycles. The average molecular weight is 357 g/mol. The molecular formula is C20H21ClN2O2. The first-order valence-corrected chi connectivity index (χ1v) is 8.67. The molecule has 2 N–H and O–H groups in total. The van der Waals surface area contributed by atoms with Crippen molar-refractivity contribution >= 4 is 22.5 Å². The van der Waals surface area contributed by atoms with E-state index in [0.29, 0.717) is 28.9 Å². The summed E-state index contributed by atoms with van der Waals surface area (Å²) in [7, 11) is 0. The molecule has 0 unspecified atom stereocenters. The number of rotatable bonds is 6. The Morgan fingerprint density at radius 2 is 1.92 bits per heavy atom. The van der Waals surface area contributed by atoms with Crippen molar-refractivity contribution in [1.29, 1.82) is 0 Å². The fourth-order valence-corrected chi connectivity index (χ4v) is 2.77. The largest absolute Gasteiger partial charge is 0.489 e. The van der Waals surface area contributed by atoms with Crippen LogP contribution in [-0.4, -0.2) is 17.6 Å². The molecule has 0 aliphatic heterocycles. The molecule has 4 nitrogen and oxygen atoms in total. The molecule has 0 fully saturated rings. The SMILES string of the molecule is CC(C)Oc1ccc(Oc2ccc3cc(CCN)ccc3n2)cc1Cl. The Hall–Kier alpha value is -2.30. The Kier molecular flexibility index (Phi) is 5.41. The van der Waals surface area contributed by atoms with Crippen LogP contribution >= 0.6 is 11.6 Å². The number of aromatic nitrogens is 1. The third kappa shape index (κ3) is 4.41. The van der Waals surface area contributed by atoms with E-state index < -0.39 is 0 Å². The maximum Gasteiger partial charge on any atom is 0.219 e. The molecule has 0 aliphatic rings. The summed E-state index contributed by atoms with van der Waals surface area (Å²) in [5, 5.41) is 1.58. The minimum absolute atomic E-state index is 0.0654. The highest BCUT2D eigenvalue weighted by molar-refractivity contribution is 6.32. The van der Waals surface area contributed by atoms with Crippen molar-refractivity contribution in [2.45, 2.75) is 26.4 Å². The third-order valence-corrected chi connectivity index (χ3v) is 3.94. The molecule has 0 saturated heterocycles. The summed E-state index contributed by atoms with van der Waals surface area (Å²) in [4.78, 5) is 4.54. The standard InChI is InChI=1S/C20H21ClN2O2/c1-13(2)24-19-7-5-16(12-17(19)21)25-20-8-4-15-11-14(9-10-22)3-6-18(15)23-20/h3-8,11-13H,9-10,22H2,1-2H3. The summed E-state index contributed by atoms with van der Waals surface area (Å²) in [6.45, 7) is 4.55. The zero-order valence-electron chi connectivity index (χ0n) is 14.3. The van der Waals surface area contributed by atoms with Gasteiger partial charge in [-0.15, -0.1) is 0 Å². The molecule has 0 radical (unpaired) electrons. The van der Waals surface area contributed by atoms with Crippen LogP contribution in [0.2, 0.25) is 5.02 Å². The highest BCUT2D eigenvalue weighted by atomic mass is 35.5. The Morgan fingerprint density at radius 3 is 2.64 bits per heavy atom. The molecule has 1 aromatic heterocycles. The van der Waals surface area contributed by atoms with Crippen LogP contribution < -0.4 is 15.2 Å². The second kappa shape index (κ2) is 7.72. The summed E-state index contributed by atoms with van der Waals surface area (Å²) < 4.78 is 11.5. The van der Waals surface area contributed by atoms with Gasteiger partial charge in [-0.3, -0.25) is 0 Å². The summed E-state index contributed by atoms with van der Waals surface area (Å²) in [6.07, 6.45) is 0.924. The number of nitrogens with two attached hydrogens (primary N) is 1. The lowest BCUT2D eigenvalue weighted by Crippen LogP contribution is -2.05. The molecule has 25 heavy (non-hydrogen) atoms. The molecule has 3 rings (SSSR count). The lowest BCUT2D eigenvalue weighted by atomic mass is 10.1. The van der Waals surface area contributed by atoms with E-state index in [1.54, 1.807) is 12.1 Å². The Bertz CT molecular complexity index is 881. The zero-order valence-corrected chi connectivity index (χ0v) is 15.1. The Labute approximate surface area is 152 Å². The summed E-state index contributed by atoms with van der Waals surface area (Å²) in [5.74, 6) is 1.78. The molecule has 0 amide bonds. The zero-order chi connectivity index (χ0) is 17.8. The van der Waals surface area contributed by atoms with Gasteiger partial charge in [0, 0.05) is 17.5 Å². The number of pyridine rings is 1. The molecule has 2 aromatic carbocycles. The molecule has 130 valence electrons. The van der Waals surface area contributed by atoms with Gasteiger partial charge < -0.3 is 15.2 Å². The van der Waals surface area contributed by atoms with Crippen LogP contribution in [0.25, 0.3) is 10.9 Å². The number of nitrogens with zero attached hydrogens (tertiary/aromatic N) is 1. The van der Waals surface area contributed by atoms with Gasteiger partial charge in [0.25, 0.3) is 0 Å². The fraction of sp³-hybridized carbons (Fsp3) is 0.250. The molecule has 0 atom stereocenters. The quantitative estimate of drug-likeness (QED) is 0.677. The van der Waals surface area contributed by atoms with E-state index in [-0.39, 0.29) is 6.10 Å². The van der Waals surface area contributed by atoms with Gasteiger partial charge in [-0.2, -0.15) is 0 Å². The average Bonchev–Trinajstić information content (AvgIpc) is 2.57. The van der Waals surface area contributed by atoms with E-state index in [1.165, 1.54) is 5.56 Å². The predicted molar refractivity (Wildman–Crippen MR) is 102 cm³/mol. The smallest absolute Gasteiger partial charge is 0.219 e. The van der Waals surface area contributed by atoms with Gasteiger partial charge in [0.15, 0.2) is 0 Å². The summed E-state index contributed by atoms with van der Waals surface area (Å²) >= 11 is 6.25. The van der Waals surface area contributed by atoms with Crippen molar-refractivity contribution in [3.63, 3.8) is 0 Å². The molecule has 0 spiro atoms. The van der Waals surface area contributed by atoms with Crippen molar-refractivity contribution in [3.8, 4) is 17.4 Å². The van der Waals surface area contributed by atoms with Gasteiger partial charge in [-0.25, -0.2) is 4.98 Å². The van der Waals surface area contributed by atoms with Crippen LogP contribution in [-0.2, 0) is 6.42 Å². The molecule has 0 bridgehead atoms. The first kappa shape index (κ1) is 17.5. The van der Waals surface area contributed by atoms with E-state index in [2.05, 4.69) is 11.1 Å². The first-order chi connectivity index (χ1) is 12.0. The minimum Gasteiger partial charge on any atom is -0.489 e. The van der Waals surface area contributed by atoms with E-state index >= 15 is 0 Å². The second-order valence-electron chi connectivity index (χ2n) is 6.08. The lowest BCUT2D eigenvalue weighted by Gasteiger charge is -2.12. The predicted octanol–water partition coefficient (Wildman–Crippen LogP) is 4.97. The van der Waals surface area contributed by atoms with Crippen molar-refractivity contribution in [2.75, 3.05) is 6.54 Å². The van der Waals surface area contributed by atoms with Crippen molar-refractivity contribution in [2.24, 2.45) is 5.73 Å². The number of hydrogen-bond acceptors (Lipinski definition) is 4. The third-order valence-electron chi connectivity index (χ3n) is 3.65. The number of benzene rings is 2. The van der Waals surface area contributed by atoms with Gasteiger partial charge in [0.05, 0.1) is 16.6 Å². The van der Waals surface area contributed by atoms with E-state index in [9.17, 15) is 0 Å². The van der Waals surface area contributed by atoms with Crippen molar-refractivity contribution in [1.82, 2.24) is 4.98 Å². The molecule has 3 aromatic rings. The van der Waals surface area contributed by atoms with Crippen molar-refractivity contribution in [3.05, 3.63) is 59.1 Å². The van der Waals surface area contributed by atoms with Gasteiger partial charge >= 0.3 is 0 Å². The maximum atomic E-state index is 6.25. The fourth-order valence-electron chi connectivity index (χ4n) is 2.55. The van der Waals surface area contributed by atoms with Gasteiger partial charge in [-0.1, -0.05) is 17.7 Å². The summed E-state index contributed by atoms with van der Waals surface area (Å²) in [6, 6.07) is 15.3. The number of ether oxygens (including phenoxy) is 2. The summed E-state index contributed by atoms with van der Waals surface area (Å²) in [5.41, 5.74) is 7.69. The normalized spacial score (nSPS) is 11.1. The van der Waals surface area contributed by atoms with Gasteiger partial charge in [0.1, 0.15) is 11.5 Å². The molecule has 5 heteroatoms. The van der Waals surface area contributed by atoms with E-state index in [4.69, 9.17) is 26.8 Å². The number of halogens is 1. The number of hydrogen-bond donors (Lipinski definition) is 1. The van der Waals surface area contributed by atoms with Crippen LogP contribution in [0.15, 0.2) is 48.5 Å².